The number of primary sulfonamides is 1. The van der Waals surface area contributed by atoms with Crippen LogP contribution in [-0.4, -0.2) is 18.2 Å². The molecule has 0 saturated carbocycles. The molecule has 0 radical (unpaired) electrons. The molecule has 0 bridgehead atoms. The second kappa shape index (κ2) is 6.06. The Labute approximate surface area is 118 Å². The van der Waals surface area contributed by atoms with Crippen molar-refractivity contribution in [2.24, 2.45) is 5.14 Å². The molecule has 0 aliphatic rings. The highest BCUT2D eigenvalue weighted by atomic mass is 32.2. The molecule has 108 valence electrons. The van der Waals surface area contributed by atoms with Crippen LogP contribution in [0.4, 0.5) is 5.69 Å². The molecule has 1 aromatic heterocycles. The Hall–Kier alpha value is -1.86. The van der Waals surface area contributed by atoms with E-state index in [0.29, 0.717) is 12.1 Å². The summed E-state index contributed by atoms with van der Waals surface area (Å²) < 4.78 is 23.8. The van der Waals surface area contributed by atoms with Crippen molar-refractivity contribution in [2.45, 2.75) is 25.8 Å². The summed E-state index contributed by atoms with van der Waals surface area (Å²) in [6.07, 6.45) is 3.81. The first-order valence-corrected chi connectivity index (χ1v) is 8.02. The van der Waals surface area contributed by atoms with Gasteiger partial charge in [-0.3, -0.25) is 4.68 Å². The maximum atomic E-state index is 11.0. The second-order valence-corrected chi connectivity index (χ2v) is 6.18. The Morgan fingerprint density at radius 3 is 2.50 bits per heavy atom. The van der Waals surface area contributed by atoms with Gasteiger partial charge in [-0.1, -0.05) is 12.1 Å². The fourth-order valence-electron chi connectivity index (χ4n) is 1.83. The van der Waals surface area contributed by atoms with Crippen molar-refractivity contribution in [1.29, 1.82) is 0 Å². The van der Waals surface area contributed by atoms with Crippen molar-refractivity contribution in [3.05, 3.63) is 47.8 Å². The zero-order chi connectivity index (χ0) is 14.6. The van der Waals surface area contributed by atoms with Crippen LogP contribution in [0.1, 0.15) is 18.1 Å². The summed E-state index contributed by atoms with van der Waals surface area (Å²) in [7, 11) is -3.48. The van der Waals surface area contributed by atoms with Gasteiger partial charge in [-0.2, -0.15) is 5.10 Å². The van der Waals surface area contributed by atoms with Gasteiger partial charge in [-0.15, -0.1) is 0 Å². The zero-order valence-corrected chi connectivity index (χ0v) is 12.1. The minimum atomic E-state index is -3.48. The van der Waals surface area contributed by atoms with Gasteiger partial charge in [0, 0.05) is 30.5 Å². The van der Waals surface area contributed by atoms with Crippen molar-refractivity contribution in [1.82, 2.24) is 9.78 Å². The van der Waals surface area contributed by atoms with Crippen LogP contribution in [0.2, 0.25) is 0 Å². The van der Waals surface area contributed by atoms with Crippen LogP contribution in [0.15, 0.2) is 36.7 Å². The van der Waals surface area contributed by atoms with E-state index < -0.39 is 10.0 Å². The van der Waals surface area contributed by atoms with E-state index in [4.69, 9.17) is 5.14 Å². The molecule has 0 aliphatic heterocycles. The molecule has 3 N–H and O–H groups in total. The average molecular weight is 294 g/mol. The van der Waals surface area contributed by atoms with Gasteiger partial charge < -0.3 is 5.32 Å². The number of aryl methyl sites for hydroxylation is 1. The van der Waals surface area contributed by atoms with Crippen molar-refractivity contribution in [3.8, 4) is 0 Å². The molecule has 0 atom stereocenters. The number of nitrogens with two attached hydrogens (primary N) is 1. The average Bonchev–Trinajstić information content (AvgIpc) is 2.84. The van der Waals surface area contributed by atoms with Gasteiger partial charge in [0.2, 0.25) is 10.0 Å². The Morgan fingerprint density at radius 1 is 1.25 bits per heavy atom. The predicted octanol–water partition coefficient (Wildman–Crippen LogP) is 1.30. The molecular weight excluding hydrogens is 276 g/mol. The summed E-state index contributed by atoms with van der Waals surface area (Å²) in [5.41, 5.74) is 2.70. The fraction of sp³-hybridized carbons (Fsp3) is 0.308. The van der Waals surface area contributed by atoms with Gasteiger partial charge in [0.05, 0.1) is 11.9 Å². The number of benzene rings is 1. The zero-order valence-electron chi connectivity index (χ0n) is 11.3. The Balaban J connectivity index is 1.93. The van der Waals surface area contributed by atoms with Crippen LogP contribution < -0.4 is 10.5 Å². The van der Waals surface area contributed by atoms with Crippen LogP contribution in [0.3, 0.4) is 0 Å². The van der Waals surface area contributed by atoms with E-state index in [1.54, 1.807) is 12.1 Å². The molecule has 2 aromatic rings. The molecule has 0 amide bonds. The van der Waals surface area contributed by atoms with Crippen molar-refractivity contribution in [2.75, 3.05) is 5.32 Å². The van der Waals surface area contributed by atoms with Gasteiger partial charge in [-0.25, -0.2) is 13.6 Å². The summed E-state index contributed by atoms with van der Waals surface area (Å²) in [5.74, 6) is -0.142. The lowest BCUT2D eigenvalue weighted by Crippen LogP contribution is -2.14. The normalized spacial score (nSPS) is 11.5. The van der Waals surface area contributed by atoms with E-state index in [9.17, 15) is 8.42 Å². The monoisotopic (exact) mass is 294 g/mol. The second-order valence-electron chi connectivity index (χ2n) is 4.56. The Bertz CT molecular complexity index is 662. The summed E-state index contributed by atoms with van der Waals surface area (Å²) in [4.78, 5) is 0. The summed E-state index contributed by atoms with van der Waals surface area (Å²) in [6, 6.07) is 7.18. The molecule has 20 heavy (non-hydrogen) atoms. The molecule has 6 nitrogen and oxygen atoms in total. The summed E-state index contributed by atoms with van der Waals surface area (Å²) >= 11 is 0. The lowest BCUT2D eigenvalue weighted by atomic mass is 10.2. The summed E-state index contributed by atoms with van der Waals surface area (Å²) in [5, 5.41) is 12.5. The smallest absolute Gasteiger partial charge is 0.213 e. The van der Waals surface area contributed by atoms with Crippen molar-refractivity contribution >= 4 is 15.7 Å². The van der Waals surface area contributed by atoms with Gasteiger partial charge in [0.1, 0.15) is 0 Å². The molecule has 0 unspecified atom stereocenters. The molecular formula is C13H18N4O2S. The minimum absolute atomic E-state index is 0.142. The third kappa shape index (κ3) is 4.36. The van der Waals surface area contributed by atoms with Crippen LogP contribution in [-0.2, 0) is 28.9 Å². The molecule has 0 fully saturated rings. The molecule has 1 heterocycles. The number of rotatable bonds is 6. The Kier molecular flexibility index (Phi) is 4.41. The van der Waals surface area contributed by atoms with E-state index in [-0.39, 0.29) is 5.75 Å². The first-order valence-electron chi connectivity index (χ1n) is 6.31. The number of hydrogen-bond acceptors (Lipinski definition) is 4. The topological polar surface area (TPSA) is 90.0 Å². The Morgan fingerprint density at radius 2 is 1.95 bits per heavy atom. The maximum Gasteiger partial charge on any atom is 0.213 e. The number of nitrogens with zero attached hydrogens (tertiary/aromatic N) is 2. The van der Waals surface area contributed by atoms with Gasteiger partial charge in [0.25, 0.3) is 0 Å². The molecule has 1 aromatic carbocycles. The van der Waals surface area contributed by atoms with Crippen LogP contribution in [0.5, 0.6) is 0 Å². The number of nitrogens with one attached hydrogen (secondary N) is 1. The number of aromatic nitrogens is 2. The van der Waals surface area contributed by atoms with Crippen LogP contribution >= 0.6 is 0 Å². The first kappa shape index (κ1) is 14.5. The molecule has 7 heteroatoms. The fourth-order valence-corrected chi connectivity index (χ4v) is 2.48. The van der Waals surface area contributed by atoms with Gasteiger partial charge >= 0.3 is 0 Å². The standard InChI is InChI=1S/C13H18N4O2S/c1-2-17-9-12(8-16-17)7-15-13-5-3-11(4-6-13)10-20(14,18)19/h3-6,8-9,15H,2,7,10H2,1H3,(H2,14,18,19). The lowest BCUT2D eigenvalue weighted by Gasteiger charge is -2.06. The minimum Gasteiger partial charge on any atom is -0.381 e. The quantitative estimate of drug-likeness (QED) is 0.840. The van der Waals surface area contributed by atoms with Gasteiger partial charge in [-0.05, 0) is 24.6 Å². The van der Waals surface area contributed by atoms with Crippen LogP contribution in [0.25, 0.3) is 0 Å². The van der Waals surface area contributed by atoms with Crippen molar-refractivity contribution in [3.63, 3.8) is 0 Å². The lowest BCUT2D eigenvalue weighted by molar-refractivity contribution is 0.597. The van der Waals surface area contributed by atoms with E-state index in [1.165, 1.54) is 0 Å². The van der Waals surface area contributed by atoms with E-state index in [0.717, 1.165) is 17.8 Å². The first-order chi connectivity index (χ1) is 9.46. The largest absolute Gasteiger partial charge is 0.381 e. The number of anilines is 1. The maximum absolute atomic E-state index is 11.0. The van der Waals surface area contributed by atoms with Crippen molar-refractivity contribution < 1.29 is 8.42 Å². The predicted molar refractivity (Wildman–Crippen MR) is 78.5 cm³/mol. The molecule has 0 saturated heterocycles. The highest BCUT2D eigenvalue weighted by molar-refractivity contribution is 7.88. The molecule has 2 rings (SSSR count). The van der Waals surface area contributed by atoms with Gasteiger partial charge in [0.15, 0.2) is 0 Å². The summed E-state index contributed by atoms with van der Waals surface area (Å²) in [6.45, 7) is 3.56. The van der Waals surface area contributed by atoms with E-state index in [2.05, 4.69) is 10.4 Å². The molecule has 0 aliphatic carbocycles. The third-order valence-electron chi connectivity index (χ3n) is 2.83. The highest BCUT2D eigenvalue weighted by Crippen LogP contribution is 2.12. The third-order valence-corrected chi connectivity index (χ3v) is 3.56. The number of sulfonamides is 1. The van der Waals surface area contributed by atoms with E-state index >= 15 is 0 Å². The number of hydrogen-bond donors (Lipinski definition) is 2. The molecule has 0 spiro atoms. The highest BCUT2D eigenvalue weighted by Gasteiger charge is 2.04. The SMILES string of the molecule is CCn1cc(CNc2ccc(CS(N)(=O)=O)cc2)cn1. The van der Waals surface area contributed by atoms with E-state index in [1.807, 2.05) is 36.1 Å². The van der Waals surface area contributed by atoms with Crippen LogP contribution in [0, 0.1) is 0 Å².